The Labute approximate surface area is 127 Å². The number of amides is 1. The number of carboxylic acid groups (broad SMARTS) is 1. The molecular formula is C15H16N2O5. The van der Waals surface area contributed by atoms with E-state index >= 15 is 0 Å². The van der Waals surface area contributed by atoms with Gasteiger partial charge in [0.2, 0.25) is 5.91 Å². The molecular weight excluding hydrogens is 288 g/mol. The number of nitrogens with zero attached hydrogens (tertiary/aromatic N) is 1. The van der Waals surface area contributed by atoms with Crippen LogP contribution in [0, 0.1) is 16.7 Å². The molecule has 0 radical (unpaired) electrons. The lowest BCUT2D eigenvalue weighted by molar-refractivity contribution is -0.139. The van der Waals surface area contributed by atoms with Gasteiger partial charge in [-0.1, -0.05) is 0 Å². The third-order valence-corrected chi connectivity index (χ3v) is 3.47. The minimum absolute atomic E-state index is 0.350. The molecule has 1 aliphatic rings. The van der Waals surface area contributed by atoms with E-state index in [4.69, 9.17) is 14.6 Å². The van der Waals surface area contributed by atoms with Crippen LogP contribution in [0.5, 0.6) is 5.75 Å². The molecule has 7 nitrogen and oxygen atoms in total. The number of hydrogen-bond donors (Lipinski definition) is 2. The minimum atomic E-state index is -1.06. The number of ether oxygens (including phenoxy) is 2. The molecule has 1 aromatic carbocycles. The summed E-state index contributed by atoms with van der Waals surface area (Å²) in [4.78, 5) is 22.7. The molecule has 1 aromatic rings. The molecule has 0 saturated carbocycles. The highest BCUT2D eigenvalue weighted by Crippen LogP contribution is 2.31. The highest BCUT2D eigenvalue weighted by molar-refractivity contribution is 5.97. The molecule has 1 amide bonds. The lowest BCUT2D eigenvalue weighted by Gasteiger charge is -2.29. The van der Waals surface area contributed by atoms with Gasteiger partial charge in [0.25, 0.3) is 0 Å². The molecule has 0 aliphatic carbocycles. The van der Waals surface area contributed by atoms with Crippen LogP contribution in [-0.4, -0.2) is 36.8 Å². The summed E-state index contributed by atoms with van der Waals surface area (Å²) in [7, 11) is 0. The second-order valence-electron chi connectivity index (χ2n) is 4.97. The van der Waals surface area contributed by atoms with Crippen molar-refractivity contribution in [3.63, 3.8) is 0 Å². The van der Waals surface area contributed by atoms with Gasteiger partial charge in [-0.25, -0.2) is 4.79 Å². The number of nitriles is 1. The molecule has 0 bridgehead atoms. The number of anilines is 1. The van der Waals surface area contributed by atoms with Crippen molar-refractivity contribution in [3.05, 3.63) is 24.3 Å². The van der Waals surface area contributed by atoms with E-state index in [1.54, 1.807) is 24.3 Å². The number of carbonyl (C=O) groups excluding carboxylic acids is 1. The zero-order valence-electron chi connectivity index (χ0n) is 11.9. The van der Waals surface area contributed by atoms with Gasteiger partial charge in [-0.3, -0.25) is 4.79 Å². The molecule has 2 N–H and O–H groups in total. The molecule has 1 saturated heterocycles. The number of aliphatic carboxylic acids is 1. The lowest BCUT2D eigenvalue weighted by Crippen LogP contribution is -2.39. The average Bonchev–Trinajstić information content (AvgIpc) is 2.54. The topological polar surface area (TPSA) is 109 Å². The first kappa shape index (κ1) is 15.8. The van der Waals surface area contributed by atoms with Gasteiger partial charge in [0.1, 0.15) is 11.2 Å². The van der Waals surface area contributed by atoms with Crippen molar-refractivity contribution < 1.29 is 24.2 Å². The van der Waals surface area contributed by atoms with Crippen molar-refractivity contribution in [2.75, 3.05) is 25.1 Å². The Hall–Kier alpha value is -2.59. The van der Waals surface area contributed by atoms with E-state index in [1.165, 1.54) is 0 Å². The normalized spacial score (nSPS) is 16.3. The maximum atomic E-state index is 12.3. The minimum Gasteiger partial charge on any atom is -0.482 e. The summed E-state index contributed by atoms with van der Waals surface area (Å²) in [5.74, 6) is -1.02. The standard InChI is InChI=1S/C15H16N2O5/c16-10-15(5-7-21-8-6-15)14(20)17-11-1-3-12(4-2-11)22-9-13(18)19/h1-4H,5-9H2,(H,17,20)(H,18,19). The SMILES string of the molecule is N#CC1(C(=O)Nc2ccc(OCC(=O)O)cc2)CCOCC1. The number of hydrogen-bond acceptors (Lipinski definition) is 5. The summed E-state index contributed by atoms with van der Waals surface area (Å²) in [5.41, 5.74) is -0.537. The average molecular weight is 304 g/mol. The summed E-state index contributed by atoms with van der Waals surface area (Å²) in [6.07, 6.45) is 0.740. The van der Waals surface area contributed by atoms with E-state index < -0.39 is 18.0 Å². The fourth-order valence-electron chi connectivity index (χ4n) is 2.14. The molecule has 1 heterocycles. The van der Waals surface area contributed by atoms with Crippen molar-refractivity contribution in [3.8, 4) is 11.8 Å². The quantitative estimate of drug-likeness (QED) is 0.851. The number of carboxylic acids is 1. The van der Waals surface area contributed by atoms with Crippen molar-refractivity contribution in [1.29, 1.82) is 5.26 Å². The highest BCUT2D eigenvalue weighted by atomic mass is 16.5. The first-order valence-electron chi connectivity index (χ1n) is 6.81. The molecule has 0 atom stereocenters. The molecule has 2 rings (SSSR count). The van der Waals surface area contributed by atoms with Crippen LogP contribution in [0.4, 0.5) is 5.69 Å². The second kappa shape index (κ2) is 6.91. The summed E-state index contributed by atoms with van der Waals surface area (Å²) < 4.78 is 10.2. The summed E-state index contributed by atoms with van der Waals surface area (Å²) in [6, 6.07) is 8.41. The zero-order valence-corrected chi connectivity index (χ0v) is 11.9. The lowest BCUT2D eigenvalue weighted by atomic mass is 9.81. The maximum Gasteiger partial charge on any atom is 0.341 e. The van der Waals surface area contributed by atoms with Crippen molar-refractivity contribution in [2.24, 2.45) is 5.41 Å². The van der Waals surface area contributed by atoms with Crippen molar-refractivity contribution in [1.82, 2.24) is 0 Å². The van der Waals surface area contributed by atoms with E-state index in [9.17, 15) is 14.9 Å². The molecule has 1 aliphatic heterocycles. The zero-order chi connectivity index (χ0) is 16.0. The van der Waals surface area contributed by atoms with E-state index in [2.05, 4.69) is 11.4 Å². The fraction of sp³-hybridized carbons (Fsp3) is 0.400. The molecule has 0 spiro atoms. The van der Waals surface area contributed by atoms with Crippen molar-refractivity contribution >= 4 is 17.6 Å². The van der Waals surface area contributed by atoms with Crippen molar-refractivity contribution in [2.45, 2.75) is 12.8 Å². The van der Waals surface area contributed by atoms with E-state index in [0.717, 1.165) is 0 Å². The van der Waals surface area contributed by atoms with Crippen LogP contribution in [0.2, 0.25) is 0 Å². The number of carbonyl (C=O) groups is 2. The monoisotopic (exact) mass is 304 g/mol. The molecule has 116 valence electrons. The third-order valence-electron chi connectivity index (χ3n) is 3.47. The molecule has 22 heavy (non-hydrogen) atoms. The van der Waals surface area contributed by atoms with Gasteiger partial charge in [0.15, 0.2) is 6.61 Å². The van der Waals surface area contributed by atoms with Crippen LogP contribution in [-0.2, 0) is 14.3 Å². The summed E-state index contributed by atoms with van der Waals surface area (Å²) >= 11 is 0. The Morgan fingerprint density at radius 1 is 1.32 bits per heavy atom. The Morgan fingerprint density at radius 3 is 2.50 bits per heavy atom. The first-order valence-corrected chi connectivity index (χ1v) is 6.81. The van der Waals surface area contributed by atoms with Crippen LogP contribution in [0.1, 0.15) is 12.8 Å². The van der Waals surface area contributed by atoms with Crippen LogP contribution in [0.3, 0.4) is 0 Å². The number of nitrogens with one attached hydrogen (secondary N) is 1. The Kier molecular flexibility index (Phi) is 4.96. The predicted octanol–water partition coefficient (Wildman–Crippen LogP) is 1.41. The van der Waals surface area contributed by atoms with Gasteiger partial charge in [0, 0.05) is 18.9 Å². The second-order valence-corrected chi connectivity index (χ2v) is 4.97. The van der Waals surface area contributed by atoms with Gasteiger partial charge in [-0.15, -0.1) is 0 Å². The van der Waals surface area contributed by atoms with Gasteiger partial charge < -0.3 is 19.9 Å². The van der Waals surface area contributed by atoms with E-state index in [-0.39, 0.29) is 5.91 Å². The first-order chi connectivity index (χ1) is 10.6. The fourth-order valence-corrected chi connectivity index (χ4v) is 2.14. The molecule has 1 fully saturated rings. The summed E-state index contributed by atoms with van der Waals surface area (Å²) in [6.45, 7) is 0.356. The van der Waals surface area contributed by atoms with Crippen LogP contribution in [0.15, 0.2) is 24.3 Å². The van der Waals surface area contributed by atoms with Crippen LogP contribution < -0.4 is 10.1 Å². The Balaban J connectivity index is 1.99. The Morgan fingerprint density at radius 2 is 1.95 bits per heavy atom. The largest absolute Gasteiger partial charge is 0.482 e. The van der Waals surface area contributed by atoms with E-state index in [0.29, 0.717) is 37.5 Å². The van der Waals surface area contributed by atoms with Gasteiger partial charge in [0.05, 0.1) is 6.07 Å². The third kappa shape index (κ3) is 3.74. The highest BCUT2D eigenvalue weighted by Gasteiger charge is 2.40. The summed E-state index contributed by atoms with van der Waals surface area (Å²) in [5, 5.41) is 20.5. The van der Waals surface area contributed by atoms with Gasteiger partial charge in [-0.05, 0) is 37.1 Å². The van der Waals surface area contributed by atoms with Gasteiger partial charge >= 0.3 is 5.97 Å². The maximum absolute atomic E-state index is 12.3. The molecule has 7 heteroatoms. The van der Waals surface area contributed by atoms with Gasteiger partial charge in [-0.2, -0.15) is 5.26 Å². The molecule has 0 unspecified atom stereocenters. The van der Waals surface area contributed by atoms with Crippen LogP contribution >= 0.6 is 0 Å². The number of rotatable bonds is 5. The molecule has 0 aromatic heterocycles. The van der Waals surface area contributed by atoms with E-state index in [1.807, 2.05) is 0 Å². The van der Waals surface area contributed by atoms with Crippen LogP contribution in [0.25, 0.3) is 0 Å². The smallest absolute Gasteiger partial charge is 0.341 e. The Bertz CT molecular complexity index is 585. The predicted molar refractivity (Wildman–Crippen MR) is 76.3 cm³/mol. The number of benzene rings is 1.